The van der Waals surface area contributed by atoms with Crippen LogP contribution in [-0.4, -0.2) is 17.6 Å². The molecule has 0 saturated carbocycles. The van der Waals surface area contributed by atoms with Crippen LogP contribution in [0.4, 0.5) is 18.9 Å². The smallest absolute Gasteiger partial charge is 0.417 e. The summed E-state index contributed by atoms with van der Waals surface area (Å²) in [4.78, 5) is 13.9. The Morgan fingerprint density at radius 1 is 1.32 bits per heavy atom. The van der Waals surface area contributed by atoms with Crippen LogP contribution in [0.1, 0.15) is 19.4 Å². The van der Waals surface area contributed by atoms with E-state index in [-0.39, 0.29) is 35.2 Å². The van der Waals surface area contributed by atoms with Crippen molar-refractivity contribution in [1.29, 1.82) is 0 Å². The molecule has 1 aromatic carbocycles. The van der Waals surface area contributed by atoms with Gasteiger partial charge in [-0.15, -0.1) is 0 Å². The Labute approximate surface area is 124 Å². The van der Waals surface area contributed by atoms with Gasteiger partial charge < -0.3 is 15.0 Å². The number of benzene rings is 1. The van der Waals surface area contributed by atoms with Crippen LogP contribution in [0.25, 0.3) is 10.9 Å². The van der Waals surface area contributed by atoms with Crippen molar-refractivity contribution in [2.45, 2.75) is 26.1 Å². The highest BCUT2D eigenvalue weighted by molar-refractivity contribution is 5.94. The van der Waals surface area contributed by atoms with E-state index < -0.39 is 17.3 Å². The molecule has 0 fully saturated rings. The van der Waals surface area contributed by atoms with Gasteiger partial charge in [-0.25, -0.2) is 0 Å². The van der Waals surface area contributed by atoms with Crippen molar-refractivity contribution in [2.75, 3.05) is 11.9 Å². The summed E-state index contributed by atoms with van der Waals surface area (Å²) >= 11 is 0. The fourth-order valence-corrected chi connectivity index (χ4v) is 2.59. The summed E-state index contributed by atoms with van der Waals surface area (Å²) in [5, 5.41) is 3.09. The van der Waals surface area contributed by atoms with Crippen LogP contribution >= 0.6 is 0 Å². The van der Waals surface area contributed by atoms with Crippen LogP contribution in [0.15, 0.2) is 23.0 Å². The van der Waals surface area contributed by atoms with E-state index in [9.17, 15) is 18.0 Å². The molecule has 2 aromatic rings. The van der Waals surface area contributed by atoms with Gasteiger partial charge in [0.2, 0.25) is 5.56 Å². The Hall–Kier alpha value is -2.18. The minimum absolute atomic E-state index is 0.0297. The minimum Gasteiger partial charge on any atom is -0.489 e. The molecule has 2 N–H and O–H groups in total. The molecule has 0 bridgehead atoms. The van der Waals surface area contributed by atoms with Gasteiger partial charge in [0.15, 0.2) is 5.75 Å². The van der Waals surface area contributed by atoms with Crippen LogP contribution in [-0.2, 0) is 6.18 Å². The zero-order chi connectivity index (χ0) is 16.1. The highest BCUT2D eigenvalue weighted by Gasteiger charge is 2.36. The maximum absolute atomic E-state index is 13.2. The highest BCUT2D eigenvalue weighted by atomic mass is 19.4. The highest BCUT2D eigenvalue weighted by Crippen LogP contribution is 2.43. The number of fused-ring (bicyclic) bond motifs is 3. The first-order valence-electron chi connectivity index (χ1n) is 6.94. The van der Waals surface area contributed by atoms with E-state index in [0.717, 1.165) is 0 Å². The van der Waals surface area contributed by atoms with Gasteiger partial charge in [0, 0.05) is 6.07 Å². The predicted octanol–water partition coefficient (Wildman–Crippen LogP) is 3.38. The summed E-state index contributed by atoms with van der Waals surface area (Å²) in [7, 11) is 0. The van der Waals surface area contributed by atoms with E-state index in [1.807, 2.05) is 13.8 Å². The topological polar surface area (TPSA) is 54.1 Å². The largest absolute Gasteiger partial charge is 0.489 e. The first kappa shape index (κ1) is 14.7. The second kappa shape index (κ2) is 4.93. The lowest BCUT2D eigenvalue weighted by molar-refractivity contribution is -0.136. The second-order valence-corrected chi connectivity index (χ2v) is 5.72. The quantitative estimate of drug-likeness (QED) is 0.849. The third kappa shape index (κ3) is 2.40. The van der Waals surface area contributed by atoms with Crippen LogP contribution < -0.4 is 15.6 Å². The van der Waals surface area contributed by atoms with Gasteiger partial charge in [-0.2, -0.15) is 13.2 Å². The second-order valence-electron chi connectivity index (χ2n) is 5.72. The molecule has 3 rings (SSSR count). The number of H-pyrrole nitrogens is 1. The number of nitrogens with one attached hydrogen (secondary N) is 2. The van der Waals surface area contributed by atoms with Gasteiger partial charge in [0.1, 0.15) is 6.61 Å². The fraction of sp³-hybridized carbons (Fsp3) is 0.400. The number of alkyl halides is 3. The molecular weight excluding hydrogens is 297 g/mol. The number of hydrogen-bond donors (Lipinski definition) is 2. The number of hydrogen-bond acceptors (Lipinski definition) is 3. The van der Waals surface area contributed by atoms with Crippen molar-refractivity contribution in [3.8, 4) is 5.75 Å². The summed E-state index contributed by atoms with van der Waals surface area (Å²) in [6.07, 6.45) is -4.63. The maximum Gasteiger partial charge on any atom is 0.417 e. The molecule has 118 valence electrons. The molecule has 0 aliphatic carbocycles. The van der Waals surface area contributed by atoms with Crippen LogP contribution in [0.3, 0.4) is 0 Å². The minimum atomic E-state index is -4.63. The molecule has 0 spiro atoms. The number of pyridine rings is 1. The molecule has 1 atom stereocenters. The summed E-state index contributed by atoms with van der Waals surface area (Å²) in [5.74, 6) is 0.416. The number of rotatable bonds is 1. The third-order valence-corrected chi connectivity index (χ3v) is 3.82. The molecule has 0 unspecified atom stereocenters. The SMILES string of the molecule is CC(C)[C@@H]1COc2c(ccc3[nH]c(=O)cc(C(F)(F)F)c23)N1. The van der Waals surface area contributed by atoms with Gasteiger partial charge in [-0.3, -0.25) is 4.79 Å². The van der Waals surface area contributed by atoms with Crippen LogP contribution in [0.2, 0.25) is 0 Å². The summed E-state index contributed by atoms with van der Waals surface area (Å²) in [6.45, 7) is 4.29. The number of aromatic amines is 1. The Bertz CT molecular complexity index is 781. The molecular formula is C15H15F3N2O2. The molecule has 22 heavy (non-hydrogen) atoms. The lowest BCUT2D eigenvalue weighted by atomic mass is 10.0. The first-order chi connectivity index (χ1) is 10.3. The van der Waals surface area contributed by atoms with Crippen LogP contribution in [0.5, 0.6) is 5.75 Å². The molecule has 2 heterocycles. The van der Waals surface area contributed by atoms with Crippen molar-refractivity contribution in [3.63, 3.8) is 0 Å². The molecule has 0 radical (unpaired) electrons. The number of ether oxygens (including phenoxy) is 1. The van der Waals surface area contributed by atoms with Gasteiger partial charge in [-0.05, 0) is 18.1 Å². The average molecular weight is 312 g/mol. The van der Waals surface area contributed by atoms with E-state index in [4.69, 9.17) is 4.74 Å². The van der Waals surface area contributed by atoms with E-state index in [1.165, 1.54) is 6.07 Å². The van der Waals surface area contributed by atoms with Crippen molar-refractivity contribution in [2.24, 2.45) is 5.92 Å². The Kier molecular flexibility index (Phi) is 3.30. The van der Waals surface area contributed by atoms with E-state index in [1.54, 1.807) is 6.07 Å². The van der Waals surface area contributed by atoms with Crippen molar-refractivity contribution in [1.82, 2.24) is 4.98 Å². The van der Waals surface area contributed by atoms with E-state index >= 15 is 0 Å². The first-order valence-corrected chi connectivity index (χ1v) is 6.94. The van der Waals surface area contributed by atoms with Crippen molar-refractivity contribution < 1.29 is 17.9 Å². The molecule has 7 heteroatoms. The number of aromatic nitrogens is 1. The standard InChI is InChI=1S/C15H15F3N2O2/c1-7(2)11-6-22-14-10(19-11)4-3-9-13(14)8(15(16,17)18)5-12(21)20-9/h3-5,7,11,19H,6H2,1-2H3,(H,20,21)/t11-/m0/s1. The molecule has 1 aromatic heterocycles. The van der Waals surface area contributed by atoms with E-state index in [0.29, 0.717) is 11.8 Å². The fourth-order valence-electron chi connectivity index (χ4n) is 2.59. The number of anilines is 1. The van der Waals surface area contributed by atoms with E-state index in [2.05, 4.69) is 10.3 Å². The molecule has 0 amide bonds. The molecule has 1 aliphatic heterocycles. The lowest BCUT2D eigenvalue weighted by Gasteiger charge is -2.31. The summed E-state index contributed by atoms with van der Waals surface area (Å²) < 4.78 is 45.3. The predicted molar refractivity (Wildman–Crippen MR) is 77.3 cm³/mol. The Morgan fingerprint density at radius 2 is 2.05 bits per heavy atom. The average Bonchev–Trinajstić information content (AvgIpc) is 2.44. The molecule has 1 aliphatic rings. The van der Waals surface area contributed by atoms with Crippen molar-refractivity contribution >= 4 is 16.6 Å². The maximum atomic E-state index is 13.2. The monoisotopic (exact) mass is 312 g/mol. The lowest BCUT2D eigenvalue weighted by Crippen LogP contribution is -2.35. The van der Waals surface area contributed by atoms with Gasteiger partial charge in [0.25, 0.3) is 0 Å². The number of halogens is 3. The van der Waals surface area contributed by atoms with Gasteiger partial charge >= 0.3 is 6.18 Å². The molecule has 4 nitrogen and oxygen atoms in total. The normalized spacial score (nSPS) is 18.0. The molecule has 0 saturated heterocycles. The summed E-state index contributed by atoms with van der Waals surface area (Å²) in [6, 6.07) is 3.69. The Balaban J connectivity index is 2.26. The zero-order valence-corrected chi connectivity index (χ0v) is 12.0. The third-order valence-electron chi connectivity index (χ3n) is 3.82. The van der Waals surface area contributed by atoms with Crippen LogP contribution in [0, 0.1) is 5.92 Å². The zero-order valence-electron chi connectivity index (χ0n) is 12.0. The van der Waals surface area contributed by atoms with Crippen molar-refractivity contribution in [3.05, 3.63) is 34.1 Å². The van der Waals surface area contributed by atoms with Gasteiger partial charge in [0.05, 0.1) is 28.2 Å². The Morgan fingerprint density at radius 3 is 2.68 bits per heavy atom. The van der Waals surface area contributed by atoms with Gasteiger partial charge in [-0.1, -0.05) is 13.8 Å². The summed E-state index contributed by atoms with van der Waals surface area (Å²) in [5.41, 5.74) is -1.14.